The smallest absolute Gasteiger partial charge is 0.132 e. The summed E-state index contributed by atoms with van der Waals surface area (Å²) >= 11 is 1.81. The Morgan fingerprint density at radius 3 is 2.21 bits per heavy atom. The molecule has 1 atom stereocenters. The Morgan fingerprint density at radius 2 is 1.69 bits per heavy atom. The molecule has 29 heavy (non-hydrogen) atoms. The van der Waals surface area contributed by atoms with Gasteiger partial charge < -0.3 is 5.32 Å². The summed E-state index contributed by atoms with van der Waals surface area (Å²) in [7, 11) is 3.87. The van der Waals surface area contributed by atoms with Gasteiger partial charge in [-0.1, -0.05) is 33.4 Å². The third-order valence-corrected chi connectivity index (χ3v) is 8.93. The molecule has 4 rings (SSSR count). The molecule has 0 saturated carbocycles. The first-order valence-corrected chi connectivity index (χ1v) is 12.6. The first-order chi connectivity index (χ1) is 13.7. The SMILES string of the molecule is C=C(/N=S(\c1cc(C(C)(C)C)cs1)N(C)C)Nc1c2c(cc3c1CCC3)CCC2. The van der Waals surface area contributed by atoms with Crippen LogP contribution in [0.2, 0.25) is 0 Å². The summed E-state index contributed by atoms with van der Waals surface area (Å²) in [5.41, 5.74) is 8.97. The van der Waals surface area contributed by atoms with Crippen molar-refractivity contribution in [2.75, 3.05) is 19.4 Å². The second-order valence-corrected chi connectivity index (χ2v) is 12.4. The molecule has 1 N–H and O–H groups in total. The number of rotatable bonds is 5. The zero-order valence-corrected chi connectivity index (χ0v) is 20.0. The zero-order chi connectivity index (χ0) is 20.8. The summed E-state index contributed by atoms with van der Waals surface area (Å²) < 4.78 is 8.54. The van der Waals surface area contributed by atoms with E-state index in [1.54, 1.807) is 11.1 Å². The highest BCUT2D eigenvalue weighted by Gasteiger charge is 2.24. The lowest BCUT2D eigenvalue weighted by molar-refractivity contribution is 0.592. The zero-order valence-electron chi connectivity index (χ0n) is 18.4. The van der Waals surface area contributed by atoms with Gasteiger partial charge in [-0.25, -0.2) is 4.31 Å². The first-order valence-electron chi connectivity index (χ1n) is 10.6. The van der Waals surface area contributed by atoms with E-state index in [0.717, 1.165) is 5.82 Å². The number of thiophene rings is 1. The lowest BCUT2D eigenvalue weighted by atomic mass is 9.90. The maximum absolute atomic E-state index is 5.05. The van der Waals surface area contributed by atoms with Crippen LogP contribution < -0.4 is 5.32 Å². The van der Waals surface area contributed by atoms with Crippen LogP contribution >= 0.6 is 11.3 Å². The third kappa shape index (κ3) is 4.23. The van der Waals surface area contributed by atoms with E-state index in [2.05, 4.69) is 68.6 Å². The van der Waals surface area contributed by atoms with Gasteiger partial charge in [-0.3, -0.25) is 0 Å². The second-order valence-electron chi connectivity index (χ2n) is 9.38. The van der Waals surface area contributed by atoms with Gasteiger partial charge >= 0.3 is 0 Å². The highest BCUT2D eigenvalue weighted by Crippen LogP contribution is 2.39. The minimum absolute atomic E-state index is 0.163. The number of aryl methyl sites for hydroxylation is 2. The minimum atomic E-state index is -0.339. The molecule has 1 aromatic carbocycles. The summed E-state index contributed by atoms with van der Waals surface area (Å²) in [6, 6.07) is 4.79. The van der Waals surface area contributed by atoms with Gasteiger partial charge in [0.15, 0.2) is 0 Å². The van der Waals surface area contributed by atoms with Crippen molar-refractivity contribution in [3.05, 3.63) is 57.7 Å². The van der Waals surface area contributed by atoms with Gasteiger partial charge in [0.05, 0.1) is 4.21 Å². The molecule has 156 valence electrons. The van der Waals surface area contributed by atoms with Crippen LogP contribution in [0.5, 0.6) is 0 Å². The lowest BCUT2D eigenvalue weighted by Gasteiger charge is -2.19. The van der Waals surface area contributed by atoms with Crippen molar-refractivity contribution >= 4 is 27.9 Å². The standard InChI is InChI=1S/C24H33N3S2/c1-16(26-29(27(5)6)22-14-19(15-28-22)24(2,3)4)25-23-20-11-7-9-17(20)13-18-10-8-12-21(18)23/h13-15,25H,1,7-12H2,2-6H3. The van der Waals surface area contributed by atoms with E-state index < -0.39 is 0 Å². The Morgan fingerprint density at radius 1 is 1.07 bits per heavy atom. The van der Waals surface area contributed by atoms with E-state index in [9.17, 15) is 0 Å². The van der Waals surface area contributed by atoms with Crippen LogP contribution in [0, 0.1) is 0 Å². The lowest BCUT2D eigenvalue weighted by Crippen LogP contribution is -2.16. The van der Waals surface area contributed by atoms with Crippen LogP contribution in [-0.2, 0) is 42.0 Å². The van der Waals surface area contributed by atoms with E-state index in [0.29, 0.717) is 0 Å². The normalized spacial score (nSPS) is 16.9. The molecule has 0 spiro atoms. The molecule has 2 aromatic rings. The van der Waals surface area contributed by atoms with Crippen molar-refractivity contribution in [3.63, 3.8) is 0 Å². The number of nitrogens with zero attached hydrogens (tertiary/aromatic N) is 2. The predicted octanol–water partition coefficient (Wildman–Crippen LogP) is 6.24. The Bertz CT molecular complexity index is 944. The third-order valence-electron chi connectivity index (χ3n) is 5.91. The van der Waals surface area contributed by atoms with Crippen LogP contribution in [0.15, 0.2) is 38.5 Å². The van der Waals surface area contributed by atoms with E-state index in [4.69, 9.17) is 4.36 Å². The molecular formula is C24H33N3S2. The van der Waals surface area contributed by atoms with Crippen LogP contribution in [-0.4, -0.2) is 18.4 Å². The van der Waals surface area contributed by atoms with Gasteiger partial charge in [0, 0.05) is 16.6 Å². The minimum Gasteiger partial charge on any atom is -0.340 e. The van der Waals surface area contributed by atoms with E-state index in [-0.39, 0.29) is 16.3 Å². The number of benzene rings is 1. The summed E-state index contributed by atoms with van der Waals surface area (Å²) in [5, 5.41) is 5.94. The fourth-order valence-electron chi connectivity index (χ4n) is 4.35. The van der Waals surface area contributed by atoms with Crippen LogP contribution in [0.25, 0.3) is 0 Å². The molecule has 0 fully saturated rings. The molecule has 0 radical (unpaired) electrons. The maximum Gasteiger partial charge on any atom is 0.132 e. The number of hydrogen-bond donors (Lipinski definition) is 1. The van der Waals surface area contributed by atoms with Crippen LogP contribution in [0.3, 0.4) is 0 Å². The van der Waals surface area contributed by atoms with Crippen molar-refractivity contribution in [1.29, 1.82) is 0 Å². The largest absolute Gasteiger partial charge is 0.340 e. The Balaban J connectivity index is 1.65. The average molecular weight is 428 g/mol. The van der Waals surface area contributed by atoms with Gasteiger partial charge in [0.1, 0.15) is 5.82 Å². The van der Waals surface area contributed by atoms with Crippen molar-refractivity contribution in [1.82, 2.24) is 4.31 Å². The van der Waals surface area contributed by atoms with E-state index >= 15 is 0 Å². The Hall–Kier alpha value is -1.43. The van der Waals surface area contributed by atoms with Gasteiger partial charge in [-0.2, -0.15) is 4.36 Å². The maximum atomic E-state index is 5.05. The second kappa shape index (κ2) is 8.01. The topological polar surface area (TPSA) is 27.6 Å². The predicted molar refractivity (Wildman–Crippen MR) is 128 cm³/mol. The monoisotopic (exact) mass is 427 g/mol. The molecule has 1 unspecified atom stereocenters. The molecule has 1 aromatic heterocycles. The van der Waals surface area contributed by atoms with Crippen molar-refractivity contribution in [2.45, 2.75) is 68.9 Å². The number of nitrogens with one attached hydrogen (secondary N) is 1. The fourth-order valence-corrected chi connectivity index (χ4v) is 7.36. The van der Waals surface area contributed by atoms with Gasteiger partial charge in [-0.05, 0) is 97.3 Å². The highest BCUT2D eigenvalue weighted by molar-refractivity contribution is 7.87. The van der Waals surface area contributed by atoms with Crippen molar-refractivity contribution in [3.8, 4) is 0 Å². The highest BCUT2D eigenvalue weighted by atomic mass is 32.2. The first kappa shape index (κ1) is 20.8. The number of fused-ring (bicyclic) bond motifs is 2. The molecule has 5 heteroatoms. The van der Waals surface area contributed by atoms with E-state index in [1.165, 1.54) is 65.1 Å². The summed E-state index contributed by atoms with van der Waals surface area (Å²) in [5.74, 6) is 0.780. The van der Waals surface area contributed by atoms with Gasteiger partial charge in [0.25, 0.3) is 0 Å². The molecule has 0 saturated heterocycles. The van der Waals surface area contributed by atoms with Crippen LogP contribution in [0.4, 0.5) is 5.69 Å². The average Bonchev–Trinajstić information content (AvgIpc) is 3.38. The molecule has 3 nitrogen and oxygen atoms in total. The Labute approximate surface area is 182 Å². The molecule has 2 aliphatic rings. The van der Waals surface area contributed by atoms with Gasteiger partial charge in [-0.15, -0.1) is 11.3 Å². The molecular weight excluding hydrogens is 394 g/mol. The number of hydrogen-bond acceptors (Lipinski definition) is 3. The van der Waals surface area contributed by atoms with Crippen molar-refractivity contribution in [2.24, 2.45) is 4.36 Å². The van der Waals surface area contributed by atoms with Crippen molar-refractivity contribution < 1.29 is 0 Å². The fraction of sp³-hybridized carbons (Fsp3) is 0.500. The number of anilines is 1. The van der Waals surface area contributed by atoms with Crippen LogP contribution in [0.1, 0.15) is 61.4 Å². The molecule has 2 aliphatic carbocycles. The Kier molecular flexibility index (Phi) is 5.75. The quantitative estimate of drug-likeness (QED) is 0.611. The molecule has 0 bridgehead atoms. The molecule has 0 aliphatic heterocycles. The van der Waals surface area contributed by atoms with E-state index in [1.807, 2.05) is 11.3 Å². The van der Waals surface area contributed by atoms with Gasteiger partial charge in [0.2, 0.25) is 0 Å². The molecule has 1 heterocycles. The molecule has 0 amide bonds. The summed E-state index contributed by atoms with van der Waals surface area (Å²) in [6.07, 6.45) is 7.32. The summed E-state index contributed by atoms with van der Waals surface area (Å²) in [4.78, 5) is 0. The summed E-state index contributed by atoms with van der Waals surface area (Å²) in [6.45, 7) is 11.1.